The van der Waals surface area contributed by atoms with Crippen molar-refractivity contribution in [2.75, 3.05) is 6.26 Å². The zero-order valence-corrected chi connectivity index (χ0v) is 23.0. The SMILES string of the molecule is C=S(C)(=O)/C=C/Cc1ccc(-n2cc(C(F)(F)F)nc2C)c(-n2nncc2C(O)(c2ccc(Cl)cc2)C(F)(F)F)c1. The average molecular weight is 618 g/mol. The standard InChI is InChI=1S/C26H22ClF6N5O2S/c1-16-35-22(25(28,29)30)15-37(16)20-11-6-17(5-4-12-41(2,3)40)13-21(20)38-23(14-34-36-38)24(39,26(31,32)33)18-7-9-19(27)10-8-18/h4,6-15,39H,2,5H2,1,3H3/b12-4+. The van der Waals surface area contributed by atoms with Gasteiger partial charge in [-0.15, -0.1) is 5.10 Å². The third-order valence-electron chi connectivity index (χ3n) is 6.03. The van der Waals surface area contributed by atoms with Crippen molar-refractivity contribution in [3.8, 4) is 11.4 Å². The smallest absolute Gasteiger partial charge is 0.371 e. The first-order chi connectivity index (χ1) is 18.9. The maximum atomic E-state index is 14.6. The number of aliphatic hydroxyl groups is 1. The number of imidazole rings is 1. The Kier molecular flexibility index (Phi) is 7.88. The van der Waals surface area contributed by atoms with E-state index in [1.54, 1.807) is 6.08 Å². The van der Waals surface area contributed by atoms with E-state index in [2.05, 4.69) is 21.2 Å². The molecule has 0 aliphatic rings. The molecule has 0 saturated carbocycles. The molecule has 0 spiro atoms. The summed E-state index contributed by atoms with van der Waals surface area (Å²) in [5, 5.41) is 20.2. The van der Waals surface area contributed by atoms with Crippen LogP contribution in [-0.4, -0.2) is 52.2 Å². The summed E-state index contributed by atoms with van der Waals surface area (Å²) in [6.07, 6.45) is -5.55. The van der Waals surface area contributed by atoms with Crippen LogP contribution in [0.3, 0.4) is 0 Å². The van der Waals surface area contributed by atoms with Gasteiger partial charge in [0.15, 0.2) is 5.69 Å². The summed E-state index contributed by atoms with van der Waals surface area (Å²) in [7, 11) is -2.49. The summed E-state index contributed by atoms with van der Waals surface area (Å²) in [5.74, 6) is 3.40. The van der Waals surface area contributed by atoms with E-state index in [1.807, 2.05) is 0 Å². The van der Waals surface area contributed by atoms with Gasteiger partial charge in [0.2, 0.25) is 5.60 Å². The third kappa shape index (κ3) is 6.19. The minimum absolute atomic E-state index is 0.0259. The molecule has 0 fully saturated rings. The maximum Gasteiger partial charge on any atom is 0.434 e. The average Bonchev–Trinajstić information content (AvgIpc) is 3.50. The van der Waals surface area contributed by atoms with Crippen molar-refractivity contribution >= 4 is 27.0 Å². The molecule has 15 heteroatoms. The second-order valence-corrected chi connectivity index (χ2v) is 12.1. The van der Waals surface area contributed by atoms with Gasteiger partial charge in [-0.3, -0.25) is 4.21 Å². The van der Waals surface area contributed by atoms with E-state index in [-0.39, 0.29) is 28.6 Å². The Bertz CT molecular complexity index is 1710. The molecule has 7 nitrogen and oxygen atoms in total. The zero-order valence-electron chi connectivity index (χ0n) is 21.4. The zero-order chi connectivity index (χ0) is 30.4. The van der Waals surface area contributed by atoms with Crippen LogP contribution < -0.4 is 0 Å². The summed E-state index contributed by atoms with van der Waals surface area (Å²) in [4.78, 5) is 3.55. The van der Waals surface area contributed by atoms with Gasteiger partial charge in [0.25, 0.3) is 0 Å². The minimum atomic E-state index is -5.29. The number of rotatable bonds is 7. The van der Waals surface area contributed by atoms with Crippen molar-refractivity contribution in [2.45, 2.75) is 31.3 Å². The molecular formula is C26H22ClF6N5O2S. The predicted octanol–water partition coefficient (Wildman–Crippen LogP) is 5.63. The maximum absolute atomic E-state index is 14.6. The summed E-state index contributed by atoms with van der Waals surface area (Å²) < 4.78 is 97.8. The number of benzene rings is 2. The molecular weight excluding hydrogens is 596 g/mol. The molecule has 0 radical (unpaired) electrons. The van der Waals surface area contributed by atoms with Gasteiger partial charge in [0.05, 0.1) is 17.6 Å². The fourth-order valence-corrected chi connectivity index (χ4v) is 4.75. The number of alkyl halides is 6. The second-order valence-electron chi connectivity index (χ2n) is 9.26. The molecule has 41 heavy (non-hydrogen) atoms. The molecule has 2 aromatic carbocycles. The summed E-state index contributed by atoms with van der Waals surface area (Å²) >= 11 is 5.84. The monoisotopic (exact) mass is 617 g/mol. The van der Waals surface area contributed by atoms with Crippen LogP contribution in [0.1, 0.15) is 28.3 Å². The van der Waals surface area contributed by atoms with Crippen molar-refractivity contribution < 1.29 is 35.7 Å². The first-order valence-corrected chi connectivity index (χ1v) is 14.2. The van der Waals surface area contributed by atoms with E-state index in [4.69, 9.17) is 11.6 Å². The fraction of sp³-hybridized carbons (Fsp3) is 0.231. The molecule has 2 unspecified atom stereocenters. The topological polar surface area (TPSA) is 85.8 Å². The molecule has 4 rings (SSSR count). The molecule has 0 amide bonds. The number of nitrogens with zero attached hydrogens (tertiary/aromatic N) is 5. The van der Waals surface area contributed by atoms with Crippen molar-refractivity contribution in [1.29, 1.82) is 0 Å². The van der Waals surface area contributed by atoms with Crippen LogP contribution in [0.25, 0.3) is 11.4 Å². The largest absolute Gasteiger partial charge is 0.434 e. The van der Waals surface area contributed by atoms with Crippen LogP contribution in [0.15, 0.2) is 66.3 Å². The molecule has 2 aromatic heterocycles. The van der Waals surface area contributed by atoms with Crippen LogP contribution in [0.4, 0.5) is 26.3 Å². The van der Waals surface area contributed by atoms with Crippen LogP contribution in [0.5, 0.6) is 0 Å². The number of hydrogen-bond donors (Lipinski definition) is 1. The molecule has 0 saturated heterocycles. The van der Waals surface area contributed by atoms with Gasteiger partial charge in [0.1, 0.15) is 11.5 Å². The van der Waals surface area contributed by atoms with Crippen LogP contribution >= 0.6 is 11.6 Å². The Morgan fingerprint density at radius 3 is 2.29 bits per heavy atom. The number of aromatic nitrogens is 5. The van der Waals surface area contributed by atoms with Gasteiger partial charge in [-0.1, -0.05) is 41.1 Å². The summed E-state index contributed by atoms with van der Waals surface area (Å²) in [5.41, 5.74) is -5.97. The molecule has 0 bridgehead atoms. The molecule has 2 heterocycles. The Morgan fingerprint density at radius 2 is 1.73 bits per heavy atom. The quantitative estimate of drug-likeness (QED) is 0.215. The first kappa shape index (κ1) is 30.3. The highest BCUT2D eigenvalue weighted by Crippen LogP contribution is 2.45. The molecule has 0 aliphatic carbocycles. The van der Waals surface area contributed by atoms with Gasteiger partial charge in [-0.05, 0) is 69.5 Å². The van der Waals surface area contributed by atoms with Crippen LogP contribution in [0, 0.1) is 6.92 Å². The van der Waals surface area contributed by atoms with E-state index in [0.717, 1.165) is 22.9 Å². The Labute approximate surface area is 235 Å². The highest BCUT2D eigenvalue weighted by molar-refractivity contribution is 8.02. The van der Waals surface area contributed by atoms with Crippen LogP contribution in [0.2, 0.25) is 5.02 Å². The van der Waals surface area contributed by atoms with Crippen molar-refractivity contribution in [1.82, 2.24) is 24.5 Å². The van der Waals surface area contributed by atoms with E-state index in [0.29, 0.717) is 16.4 Å². The summed E-state index contributed by atoms with van der Waals surface area (Å²) in [6.45, 7) is 1.30. The fourth-order valence-electron chi connectivity index (χ4n) is 4.12. The number of halogens is 7. The lowest BCUT2D eigenvalue weighted by Gasteiger charge is -2.31. The third-order valence-corrected chi connectivity index (χ3v) is 7.05. The van der Waals surface area contributed by atoms with E-state index in [1.165, 1.54) is 48.9 Å². The molecule has 4 aromatic rings. The Morgan fingerprint density at radius 1 is 1.07 bits per heavy atom. The van der Waals surface area contributed by atoms with Gasteiger partial charge >= 0.3 is 12.4 Å². The van der Waals surface area contributed by atoms with E-state index in [9.17, 15) is 35.7 Å². The molecule has 1 N–H and O–H groups in total. The molecule has 2 atom stereocenters. The Hall–Kier alpha value is -3.62. The predicted molar refractivity (Wildman–Crippen MR) is 143 cm³/mol. The second kappa shape index (κ2) is 10.7. The van der Waals surface area contributed by atoms with E-state index >= 15 is 0 Å². The normalized spacial score (nSPS) is 15.7. The Balaban J connectivity index is 1.98. The first-order valence-electron chi connectivity index (χ1n) is 11.6. The lowest BCUT2D eigenvalue weighted by molar-refractivity contribution is -0.250. The number of allylic oxidation sites excluding steroid dienone is 1. The highest BCUT2D eigenvalue weighted by Gasteiger charge is 2.58. The van der Waals surface area contributed by atoms with Crippen molar-refractivity contribution in [2.24, 2.45) is 0 Å². The molecule has 0 aliphatic heterocycles. The van der Waals surface area contributed by atoms with Gasteiger partial charge in [-0.25, -0.2) is 9.67 Å². The number of hydrogen-bond acceptors (Lipinski definition) is 5. The molecule has 218 valence electrons. The summed E-state index contributed by atoms with van der Waals surface area (Å²) in [6, 6.07) is 8.61. The number of aryl methyl sites for hydroxylation is 1. The van der Waals surface area contributed by atoms with Crippen LogP contribution in [-0.2, 0) is 27.7 Å². The highest BCUT2D eigenvalue weighted by atomic mass is 35.5. The lowest BCUT2D eigenvalue weighted by Crippen LogP contribution is -2.45. The van der Waals surface area contributed by atoms with Gasteiger partial charge in [-0.2, -0.15) is 26.3 Å². The van der Waals surface area contributed by atoms with Gasteiger partial charge < -0.3 is 9.67 Å². The van der Waals surface area contributed by atoms with Crippen molar-refractivity contribution in [3.63, 3.8) is 0 Å². The lowest BCUT2D eigenvalue weighted by atomic mass is 9.89. The van der Waals surface area contributed by atoms with Crippen molar-refractivity contribution in [3.05, 3.63) is 99.7 Å². The minimum Gasteiger partial charge on any atom is -0.371 e. The van der Waals surface area contributed by atoms with Gasteiger partial charge in [0, 0.05) is 17.5 Å². The van der Waals surface area contributed by atoms with E-state index < -0.39 is 44.4 Å².